The summed E-state index contributed by atoms with van der Waals surface area (Å²) in [6.45, 7) is 3.32. The van der Waals surface area contributed by atoms with Crippen LogP contribution in [0.15, 0.2) is 109 Å². The second-order valence-corrected chi connectivity index (χ2v) is 9.25. The summed E-state index contributed by atoms with van der Waals surface area (Å²) in [5.41, 5.74) is 1.84. The number of rotatable bonds is 8. The van der Waals surface area contributed by atoms with Crippen LogP contribution in [-0.2, 0) is 18.9 Å². The third-order valence-corrected chi connectivity index (χ3v) is 5.88. The van der Waals surface area contributed by atoms with Gasteiger partial charge in [-0.1, -0.05) is 84.9 Å². The number of benzene rings is 4. The first-order valence-electron chi connectivity index (χ1n) is 13.4. The van der Waals surface area contributed by atoms with Crippen molar-refractivity contribution in [3.05, 3.63) is 131 Å². The molecule has 2 N–H and O–H groups in total. The molecule has 0 aliphatic carbocycles. The van der Waals surface area contributed by atoms with Gasteiger partial charge in [0.2, 0.25) is 0 Å². The Bertz CT molecular complexity index is 1260. The summed E-state index contributed by atoms with van der Waals surface area (Å²) in [6.07, 6.45) is 0.852. The SMILES string of the molecule is COCC1CO1.COCC1CO1.O=C(c1ccccc1)c1ccccc1O.O=C(c1ccccc1)c1ccccc1O. The van der Waals surface area contributed by atoms with Crippen molar-refractivity contribution in [2.75, 3.05) is 40.6 Å². The molecule has 0 aromatic heterocycles. The Labute approximate surface area is 246 Å². The summed E-state index contributed by atoms with van der Waals surface area (Å²) in [4.78, 5) is 23.8. The maximum atomic E-state index is 11.9. The number of phenolic OH excluding ortho intramolecular Hbond substituents is 2. The quantitative estimate of drug-likeness (QED) is 0.216. The molecular weight excluding hydrogens is 536 g/mol. The Kier molecular flexibility index (Phi) is 13.4. The van der Waals surface area contributed by atoms with E-state index < -0.39 is 0 Å². The fraction of sp³-hybridized carbons (Fsp3) is 0.235. The number of para-hydroxylation sites is 2. The summed E-state index contributed by atoms with van der Waals surface area (Å²) in [6, 6.07) is 30.9. The fourth-order valence-electron chi connectivity index (χ4n) is 3.52. The Morgan fingerprint density at radius 1 is 0.595 bits per heavy atom. The molecule has 0 spiro atoms. The van der Waals surface area contributed by atoms with Crippen LogP contribution in [0.25, 0.3) is 0 Å². The second kappa shape index (κ2) is 17.5. The van der Waals surface area contributed by atoms with Gasteiger partial charge in [-0.3, -0.25) is 9.59 Å². The predicted octanol–water partition coefficient (Wildman–Crippen LogP) is 5.31. The highest BCUT2D eigenvalue weighted by molar-refractivity contribution is 6.11. The molecule has 2 saturated heterocycles. The zero-order valence-electron chi connectivity index (χ0n) is 23.7. The Hall–Kier alpha value is -4.34. The minimum Gasteiger partial charge on any atom is -0.507 e. The molecule has 0 radical (unpaired) electrons. The molecule has 2 unspecified atom stereocenters. The molecule has 8 nitrogen and oxygen atoms in total. The first-order valence-corrected chi connectivity index (χ1v) is 13.4. The predicted molar refractivity (Wildman–Crippen MR) is 159 cm³/mol. The van der Waals surface area contributed by atoms with Gasteiger partial charge in [-0.15, -0.1) is 0 Å². The lowest BCUT2D eigenvalue weighted by Crippen LogP contribution is -2.00. The zero-order valence-corrected chi connectivity index (χ0v) is 23.7. The highest BCUT2D eigenvalue weighted by atomic mass is 16.6. The molecule has 2 aliphatic rings. The van der Waals surface area contributed by atoms with Crippen LogP contribution in [0.3, 0.4) is 0 Å². The third kappa shape index (κ3) is 11.3. The van der Waals surface area contributed by atoms with Gasteiger partial charge >= 0.3 is 0 Å². The standard InChI is InChI=1S/2C13H10O2.2C4H8O2/c2*14-12-9-5-4-8-11(12)13(15)10-6-2-1-3-7-10;2*1-5-2-4-3-6-4/h2*1-9,14H;2*4H,2-3H2,1H3. The van der Waals surface area contributed by atoms with E-state index in [2.05, 4.69) is 0 Å². The molecule has 220 valence electrons. The lowest BCUT2D eigenvalue weighted by Gasteiger charge is -2.02. The number of carbonyl (C=O) groups is 2. The highest BCUT2D eigenvalue weighted by Gasteiger charge is 2.21. The van der Waals surface area contributed by atoms with Crippen molar-refractivity contribution in [3.63, 3.8) is 0 Å². The van der Waals surface area contributed by atoms with Crippen LogP contribution in [0.5, 0.6) is 11.5 Å². The minimum atomic E-state index is -0.159. The minimum absolute atomic E-state index is 0.0198. The molecule has 2 aliphatic heterocycles. The first-order chi connectivity index (χ1) is 20.4. The van der Waals surface area contributed by atoms with E-state index in [0.717, 1.165) is 26.4 Å². The monoisotopic (exact) mass is 572 g/mol. The summed E-state index contributed by atoms with van der Waals surface area (Å²) >= 11 is 0. The molecule has 2 fully saturated rings. The van der Waals surface area contributed by atoms with E-state index in [1.165, 1.54) is 12.1 Å². The Balaban J connectivity index is 0.000000167. The number of methoxy groups -OCH3 is 2. The van der Waals surface area contributed by atoms with E-state index in [1.54, 1.807) is 99.1 Å². The van der Waals surface area contributed by atoms with E-state index in [1.807, 2.05) is 12.1 Å². The maximum absolute atomic E-state index is 11.9. The third-order valence-electron chi connectivity index (χ3n) is 5.88. The van der Waals surface area contributed by atoms with Gasteiger partial charge in [0.1, 0.15) is 23.7 Å². The molecule has 42 heavy (non-hydrogen) atoms. The first kappa shape index (κ1) is 32.2. The number of carbonyl (C=O) groups excluding carboxylic acids is 2. The van der Waals surface area contributed by atoms with Gasteiger partial charge in [0.15, 0.2) is 11.6 Å². The number of hydrogen-bond acceptors (Lipinski definition) is 8. The maximum Gasteiger partial charge on any atom is 0.196 e. The van der Waals surface area contributed by atoms with Gasteiger partial charge in [-0.25, -0.2) is 0 Å². The molecule has 8 heteroatoms. The van der Waals surface area contributed by atoms with Crippen LogP contribution in [0.2, 0.25) is 0 Å². The largest absolute Gasteiger partial charge is 0.507 e. The number of epoxide rings is 2. The Morgan fingerprint density at radius 3 is 1.17 bits per heavy atom. The van der Waals surface area contributed by atoms with Crippen molar-refractivity contribution in [3.8, 4) is 11.5 Å². The van der Waals surface area contributed by atoms with Crippen molar-refractivity contribution >= 4 is 11.6 Å². The molecule has 0 amide bonds. The number of ketones is 2. The van der Waals surface area contributed by atoms with Crippen LogP contribution < -0.4 is 0 Å². The highest BCUT2D eigenvalue weighted by Crippen LogP contribution is 2.20. The number of aromatic hydroxyl groups is 2. The van der Waals surface area contributed by atoms with Gasteiger partial charge in [0.05, 0.1) is 37.6 Å². The van der Waals surface area contributed by atoms with Gasteiger partial charge < -0.3 is 29.2 Å². The lowest BCUT2D eigenvalue weighted by molar-refractivity contribution is 0.102. The fourth-order valence-corrected chi connectivity index (χ4v) is 3.52. The smallest absolute Gasteiger partial charge is 0.196 e. The van der Waals surface area contributed by atoms with Crippen LogP contribution in [0.1, 0.15) is 31.8 Å². The summed E-state index contributed by atoms with van der Waals surface area (Å²) in [5.74, 6) is -0.278. The van der Waals surface area contributed by atoms with Crippen molar-refractivity contribution in [2.45, 2.75) is 12.2 Å². The number of ether oxygens (including phenoxy) is 4. The molecule has 0 bridgehead atoms. The van der Waals surface area contributed by atoms with Gasteiger partial charge in [-0.05, 0) is 24.3 Å². The van der Waals surface area contributed by atoms with E-state index in [9.17, 15) is 19.8 Å². The van der Waals surface area contributed by atoms with Crippen molar-refractivity contribution < 1.29 is 38.7 Å². The van der Waals surface area contributed by atoms with E-state index in [4.69, 9.17) is 18.9 Å². The average molecular weight is 573 g/mol. The van der Waals surface area contributed by atoms with Crippen LogP contribution in [-0.4, -0.2) is 74.6 Å². The molecule has 2 heterocycles. The second-order valence-electron chi connectivity index (χ2n) is 9.25. The normalized spacial score (nSPS) is 15.8. The average Bonchev–Trinajstić information content (AvgIpc) is 3.97. The van der Waals surface area contributed by atoms with Crippen LogP contribution >= 0.6 is 0 Å². The Morgan fingerprint density at radius 2 is 0.905 bits per heavy atom. The zero-order chi connectivity index (χ0) is 30.2. The summed E-state index contributed by atoms with van der Waals surface area (Å²) < 4.78 is 19.1. The summed E-state index contributed by atoms with van der Waals surface area (Å²) in [5, 5.41) is 19.0. The van der Waals surface area contributed by atoms with E-state index >= 15 is 0 Å². The number of phenols is 2. The molecular formula is C34H36O8. The lowest BCUT2D eigenvalue weighted by atomic mass is 10.0. The molecule has 4 aromatic rings. The molecule has 2 atom stereocenters. The van der Waals surface area contributed by atoms with Crippen LogP contribution in [0, 0.1) is 0 Å². The molecule has 6 rings (SSSR count). The van der Waals surface area contributed by atoms with Gasteiger partial charge in [-0.2, -0.15) is 0 Å². The van der Waals surface area contributed by atoms with Gasteiger partial charge in [0, 0.05) is 25.3 Å². The molecule has 4 aromatic carbocycles. The van der Waals surface area contributed by atoms with Gasteiger partial charge in [0.25, 0.3) is 0 Å². The van der Waals surface area contributed by atoms with E-state index in [-0.39, 0.29) is 23.1 Å². The van der Waals surface area contributed by atoms with E-state index in [0.29, 0.717) is 34.5 Å². The van der Waals surface area contributed by atoms with Crippen LogP contribution in [0.4, 0.5) is 0 Å². The van der Waals surface area contributed by atoms with Crippen molar-refractivity contribution in [1.82, 2.24) is 0 Å². The topological polar surface area (TPSA) is 118 Å². The summed E-state index contributed by atoms with van der Waals surface area (Å²) in [7, 11) is 3.36. The van der Waals surface area contributed by atoms with Crippen molar-refractivity contribution in [2.24, 2.45) is 0 Å². The molecule has 0 saturated carbocycles. The number of hydrogen-bond donors (Lipinski definition) is 2. The van der Waals surface area contributed by atoms with Crippen molar-refractivity contribution in [1.29, 1.82) is 0 Å².